The summed E-state index contributed by atoms with van der Waals surface area (Å²) in [5.74, 6) is 0.330. The lowest BCUT2D eigenvalue weighted by molar-refractivity contribution is 0.112. The maximum Gasteiger partial charge on any atom is 0.162 e. The summed E-state index contributed by atoms with van der Waals surface area (Å²) in [4.78, 5) is 10.3. The third-order valence-electron chi connectivity index (χ3n) is 1.33. The molecule has 0 bridgehead atoms. The van der Waals surface area contributed by atoms with Gasteiger partial charge in [-0.25, -0.2) is 0 Å². The Labute approximate surface area is 78.1 Å². The van der Waals surface area contributed by atoms with Crippen LogP contribution in [0.2, 0.25) is 0 Å². The fourth-order valence-electron chi connectivity index (χ4n) is 0.778. The van der Waals surface area contributed by atoms with Gasteiger partial charge in [-0.1, -0.05) is 0 Å². The molecule has 0 heterocycles. The van der Waals surface area contributed by atoms with Gasteiger partial charge in [0.15, 0.2) is 11.5 Å². The van der Waals surface area contributed by atoms with E-state index >= 15 is 0 Å². The summed E-state index contributed by atoms with van der Waals surface area (Å²) in [5, 5.41) is 9.20. The number of phenols is 1. The highest BCUT2D eigenvalue weighted by Gasteiger charge is 2.01. The first kappa shape index (κ1) is 9.06. The lowest BCUT2D eigenvalue weighted by Crippen LogP contribution is -1.90. The minimum atomic E-state index is 0.0278. The van der Waals surface area contributed by atoms with Crippen LogP contribution in [0.4, 0.5) is 0 Å². The molecule has 0 aliphatic rings. The van der Waals surface area contributed by atoms with Crippen LogP contribution in [0, 0.1) is 0 Å². The van der Waals surface area contributed by atoms with Gasteiger partial charge in [-0.15, -0.1) is 0 Å². The summed E-state index contributed by atoms with van der Waals surface area (Å²) in [7, 11) is 0. The number of hydrogen-bond donors (Lipinski definition) is 1. The van der Waals surface area contributed by atoms with Crippen molar-refractivity contribution in [1.82, 2.24) is 0 Å². The molecule has 0 radical (unpaired) electrons. The molecule has 4 heteroatoms. The van der Waals surface area contributed by atoms with E-state index in [9.17, 15) is 9.90 Å². The molecule has 0 unspecified atom stereocenters. The number of halogens is 1. The maximum atomic E-state index is 10.3. The number of carbonyl (C=O) groups excluding carboxylic acids is 1. The zero-order valence-electron chi connectivity index (χ0n) is 6.16. The van der Waals surface area contributed by atoms with Crippen LogP contribution >= 0.6 is 15.9 Å². The van der Waals surface area contributed by atoms with Gasteiger partial charge in [0.1, 0.15) is 11.8 Å². The predicted octanol–water partition coefficient (Wildman–Crippen LogP) is 1.94. The van der Waals surface area contributed by atoms with Crippen LogP contribution in [0.15, 0.2) is 18.2 Å². The molecule has 0 saturated heterocycles. The summed E-state index contributed by atoms with van der Waals surface area (Å²) in [6.45, 7) is 0. The number of benzene rings is 1. The molecule has 1 N–H and O–H groups in total. The molecular weight excluding hydrogens is 224 g/mol. The van der Waals surface area contributed by atoms with Crippen LogP contribution < -0.4 is 4.74 Å². The van der Waals surface area contributed by atoms with Gasteiger partial charge in [-0.05, 0) is 34.1 Å². The summed E-state index contributed by atoms with van der Waals surface area (Å²) >= 11 is 3.05. The Morgan fingerprint density at radius 2 is 2.33 bits per heavy atom. The summed E-state index contributed by atoms with van der Waals surface area (Å²) in [6.07, 6.45) is 0.695. The first-order valence-electron chi connectivity index (χ1n) is 3.25. The Morgan fingerprint density at radius 1 is 1.58 bits per heavy atom. The van der Waals surface area contributed by atoms with Crippen molar-refractivity contribution in [2.24, 2.45) is 0 Å². The van der Waals surface area contributed by atoms with E-state index < -0.39 is 0 Å². The van der Waals surface area contributed by atoms with Gasteiger partial charge in [0, 0.05) is 5.56 Å². The van der Waals surface area contributed by atoms with E-state index in [1.54, 1.807) is 0 Å². The van der Waals surface area contributed by atoms with Gasteiger partial charge in [0.25, 0.3) is 0 Å². The zero-order valence-corrected chi connectivity index (χ0v) is 7.74. The van der Waals surface area contributed by atoms with Gasteiger partial charge < -0.3 is 9.84 Å². The molecule has 0 atom stereocenters. The molecule has 64 valence electrons. The van der Waals surface area contributed by atoms with E-state index in [0.717, 1.165) is 0 Å². The van der Waals surface area contributed by atoms with Crippen molar-refractivity contribution >= 4 is 22.2 Å². The average Bonchev–Trinajstić information content (AvgIpc) is 2.09. The normalized spacial score (nSPS) is 9.42. The van der Waals surface area contributed by atoms with Crippen molar-refractivity contribution in [2.45, 2.75) is 0 Å². The fourth-order valence-corrected chi connectivity index (χ4v) is 1.03. The highest BCUT2D eigenvalue weighted by molar-refractivity contribution is 9.09. The largest absolute Gasteiger partial charge is 0.504 e. The second-order valence-electron chi connectivity index (χ2n) is 2.10. The zero-order chi connectivity index (χ0) is 8.97. The number of hydrogen-bond acceptors (Lipinski definition) is 3. The Balaban J connectivity index is 2.99. The van der Waals surface area contributed by atoms with Crippen molar-refractivity contribution in [3.05, 3.63) is 23.8 Å². The molecule has 12 heavy (non-hydrogen) atoms. The highest BCUT2D eigenvalue weighted by Crippen LogP contribution is 2.26. The predicted molar refractivity (Wildman–Crippen MR) is 47.9 cm³/mol. The molecule has 0 aliphatic heterocycles. The van der Waals surface area contributed by atoms with Crippen LogP contribution in [0.5, 0.6) is 11.5 Å². The second kappa shape index (κ2) is 4.11. The van der Waals surface area contributed by atoms with Crippen LogP contribution in [0.25, 0.3) is 0 Å². The minimum Gasteiger partial charge on any atom is -0.504 e. The third-order valence-corrected chi connectivity index (χ3v) is 1.56. The fraction of sp³-hybridized carbons (Fsp3) is 0.125. The van der Waals surface area contributed by atoms with Crippen molar-refractivity contribution in [2.75, 3.05) is 5.52 Å². The molecule has 3 nitrogen and oxygen atoms in total. The number of phenolic OH excluding ortho intramolecular Hbond substituents is 1. The Bertz CT molecular complexity index is 286. The van der Waals surface area contributed by atoms with Crippen LogP contribution in [-0.2, 0) is 0 Å². The van der Waals surface area contributed by atoms with E-state index in [1.807, 2.05) is 0 Å². The van der Waals surface area contributed by atoms with Crippen LogP contribution in [-0.4, -0.2) is 16.9 Å². The first-order valence-corrected chi connectivity index (χ1v) is 4.37. The van der Waals surface area contributed by atoms with E-state index in [1.165, 1.54) is 18.2 Å². The van der Waals surface area contributed by atoms with E-state index in [2.05, 4.69) is 15.9 Å². The quantitative estimate of drug-likeness (QED) is 0.638. The maximum absolute atomic E-state index is 10.3. The van der Waals surface area contributed by atoms with Gasteiger partial charge in [0.05, 0.1) is 0 Å². The number of aldehydes is 1. The average molecular weight is 231 g/mol. The van der Waals surface area contributed by atoms with Crippen LogP contribution in [0.1, 0.15) is 10.4 Å². The number of ether oxygens (including phenoxy) is 1. The molecule has 1 aromatic carbocycles. The summed E-state index contributed by atoms with van der Waals surface area (Å²) in [5.41, 5.74) is 0.756. The number of rotatable bonds is 3. The minimum absolute atomic E-state index is 0.0278. The molecule has 0 aliphatic carbocycles. The van der Waals surface area contributed by atoms with Crippen molar-refractivity contribution < 1.29 is 14.6 Å². The molecule has 0 saturated carbocycles. The second-order valence-corrected chi connectivity index (χ2v) is 2.56. The Morgan fingerprint density at radius 3 is 2.92 bits per heavy atom. The molecular formula is C8H7BrO3. The monoisotopic (exact) mass is 230 g/mol. The van der Waals surface area contributed by atoms with Gasteiger partial charge >= 0.3 is 0 Å². The Hall–Kier alpha value is -1.03. The summed E-state index contributed by atoms with van der Waals surface area (Å²) in [6, 6.07) is 4.41. The van der Waals surface area contributed by atoms with E-state index in [4.69, 9.17) is 4.74 Å². The van der Waals surface area contributed by atoms with Crippen molar-refractivity contribution in [3.63, 3.8) is 0 Å². The number of aromatic hydroxyl groups is 1. The van der Waals surface area contributed by atoms with Crippen molar-refractivity contribution in [3.8, 4) is 11.5 Å². The van der Waals surface area contributed by atoms with Crippen LogP contribution in [0.3, 0.4) is 0 Å². The van der Waals surface area contributed by atoms with E-state index in [0.29, 0.717) is 17.6 Å². The summed E-state index contributed by atoms with van der Waals surface area (Å²) < 4.78 is 4.99. The first-order chi connectivity index (χ1) is 5.77. The van der Waals surface area contributed by atoms with Gasteiger partial charge in [0.2, 0.25) is 0 Å². The lowest BCUT2D eigenvalue weighted by atomic mass is 10.2. The molecule has 0 fully saturated rings. The molecule has 1 rings (SSSR count). The topological polar surface area (TPSA) is 46.5 Å². The van der Waals surface area contributed by atoms with Crippen molar-refractivity contribution in [1.29, 1.82) is 0 Å². The third kappa shape index (κ3) is 1.98. The van der Waals surface area contributed by atoms with Gasteiger partial charge in [-0.2, -0.15) is 0 Å². The van der Waals surface area contributed by atoms with E-state index in [-0.39, 0.29) is 11.3 Å². The molecule has 0 spiro atoms. The molecule has 1 aromatic rings. The number of carbonyl (C=O) groups is 1. The standard InChI is InChI=1S/C8H7BrO3/c9-5-12-8-3-6(4-10)1-2-7(8)11/h1-4,11H,5H2. The Kier molecular flexibility index (Phi) is 3.10. The highest BCUT2D eigenvalue weighted by atomic mass is 79.9. The van der Waals surface area contributed by atoms with Gasteiger partial charge in [-0.3, -0.25) is 4.79 Å². The number of alkyl halides is 1. The molecule has 0 aromatic heterocycles. The molecule has 0 amide bonds. The lowest BCUT2D eigenvalue weighted by Gasteiger charge is -2.04. The smallest absolute Gasteiger partial charge is 0.162 e. The SMILES string of the molecule is O=Cc1ccc(O)c(OCBr)c1.